The Morgan fingerprint density at radius 1 is 0.968 bits per heavy atom. The van der Waals surface area contributed by atoms with Crippen molar-refractivity contribution in [2.45, 2.75) is 13.8 Å². The molecule has 4 rings (SSSR count). The van der Waals surface area contributed by atoms with E-state index in [4.69, 9.17) is 4.74 Å². The van der Waals surface area contributed by atoms with E-state index < -0.39 is 23.5 Å². The maximum Gasteiger partial charge on any atom is 0.266 e. The summed E-state index contributed by atoms with van der Waals surface area (Å²) < 4.78 is 19.4. The van der Waals surface area contributed by atoms with Crippen molar-refractivity contribution >= 4 is 29.1 Å². The lowest BCUT2D eigenvalue weighted by Crippen LogP contribution is -2.29. The first-order chi connectivity index (χ1) is 14.9. The number of aryl methyl sites for hydroxylation is 1. The molecule has 0 unspecified atom stereocenters. The van der Waals surface area contributed by atoms with Crippen LogP contribution in [0.3, 0.4) is 0 Å². The maximum absolute atomic E-state index is 14.0. The summed E-state index contributed by atoms with van der Waals surface area (Å²) in [5, 5.41) is 2.49. The third-order valence-corrected chi connectivity index (χ3v) is 4.93. The molecule has 0 spiro atoms. The standard InChI is InChI=1S/C24H19FN2O4/c1-3-31-17-8-6-16(7-9-17)27-23(29)18-10-5-15(13-19(18)24(27)30)22(28)26-21-11-4-14(2)12-20(21)25/h4-13H,3H2,1-2H3,(H,26,28). The molecule has 3 aromatic rings. The molecular weight excluding hydrogens is 399 g/mol. The van der Waals surface area contributed by atoms with Crippen molar-refractivity contribution in [1.82, 2.24) is 0 Å². The minimum atomic E-state index is -0.578. The molecule has 0 saturated heterocycles. The van der Waals surface area contributed by atoms with Gasteiger partial charge in [0.25, 0.3) is 17.7 Å². The zero-order chi connectivity index (χ0) is 22.1. The molecule has 1 N–H and O–H groups in total. The van der Waals surface area contributed by atoms with Gasteiger partial charge in [-0.05, 0) is 74.0 Å². The van der Waals surface area contributed by atoms with Gasteiger partial charge in [-0.3, -0.25) is 14.4 Å². The summed E-state index contributed by atoms with van der Waals surface area (Å²) in [7, 11) is 0. The molecule has 1 heterocycles. The highest BCUT2D eigenvalue weighted by atomic mass is 19.1. The summed E-state index contributed by atoms with van der Waals surface area (Å²) in [6.45, 7) is 4.11. The quantitative estimate of drug-likeness (QED) is 0.615. The Labute approximate surface area is 178 Å². The van der Waals surface area contributed by atoms with Gasteiger partial charge < -0.3 is 10.1 Å². The third kappa shape index (κ3) is 3.77. The number of benzene rings is 3. The Morgan fingerprint density at radius 2 is 1.68 bits per heavy atom. The van der Waals surface area contributed by atoms with E-state index in [1.165, 1.54) is 30.3 Å². The molecule has 0 atom stereocenters. The van der Waals surface area contributed by atoms with Crippen LogP contribution in [-0.2, 0) is 0 Å². The summed E-state index contributed by atoms with van der Waals surface area (Å²) >= 11 is 0. The predicted molar refractivity (Wildman–Crippen MR) is 114 cm³/mol. The fourth-order valence-electron chi connectivity index (χ4n) is 3.39. The third-order valence-electron chi connectivity index (χ3n) is 4.93. The molecule has 3 amide bonds. The molecular formula is C24H19FN2O4. The average Bonchev–Trinajstić information content (AvgIpc) is 3.01. The number of hydrogen-bond acceptors (Lipinski definition) is 4. The SMILES string of the molecule is CCOc1ccc(N2C(=O)c3ccc(C(=O)Nc4ccc(C)cc4F)cc3C2=O)cc1. The average molecular weight is 418 g/mol. The molecule has 6 nitrogen and oxygen atoms in total. The van der Waals surface area contributed by atoms with Crippen LogP contribution in [0, 0.1) is 12.7 Å². The number of rotatable bonds is 5. The van der Waals surface area contributed by atoms with E-state index >= 15 is 0 Å². The number of imide groups is 1. The van der Waals surface area contributed by atoms with Gasteiger partial charge in [-0.15, -0.1) is 0 Å². The molecule has 0 bridgehead atoms. The fraction of sp³-hybridized carbons (Fsp3) is 0.125. The van der Waals surface area contributed by atoms with Crippen LogP contribution < -0.4 is 15.0 Å². The van der Waals surface area contributed by atoms with Crippen molar-refractivity contribution in [3.8, 4) is 5.75 Å². The predicted octanol–water partition coefficient (Wildman–Crippen LogP) is 4.59. The number of halogens is 1. The highest BCUT2D eigenvalue weighted by Gasteiger charge is 2.37. The fourth-order valence-corrected chi connectivity index (χ4v) is 3.39. The van der Waals surface area contributed by atoms with Crippen LogP contribution >= 0.6 is 0 Å². The molecule has 0 fully saturated rings. The molecule has 3 aromatic carbocycles. The maximum atomic E-state index is 14.0. The van der Waals surface area contributed by atoms with E-state index in [0.29, 0.717) is 18.0 Å². The summed E-state index contributed by atoms with van der Waals surface area (Å²) in [5.41, 5.74) is 1.64. The summed E-state index contributed by atoms with van der Waals surface area (Å²) in [4.78, 5) is 39.4. The first-order valence-corrected chi connectivity index (χ1v) is 9.72. The number of carbonyl (C=O) groups is 3. The lowest BCUT2D eigenvalue weighted by Gasteiger charge is -2.14. The van der Waals surface area contributed by atoms with Crippen LogP contribution in [0.5, 0.6) is 5.75 Å². The Kier molecular flexibility index (Phi) is 5.25. The van der Waals surface area contributed by atoms with Gasteiger partial charge in [-0.25, -0.2) is 9.29 Å². The van der Waals surface area contributed by atoms with Crippen LogP contribution in [0.4, 0.5) is 15.8 Å². The van der Waals surface area contributed by atoms with Crippen molar-refractivity contribution in [3.05, 3.63) is 88.7 Å². The zero-order valence-corrected chi connectivity index (χ0v) is 16.9. The molecule has 0 aromatic heterocycles. The monoisotopic (exact) mass is 418 g/mol. The molecule has 156 valence electrons. The number of amides is 3. The topological polar surface area (TPSA) is 75.7 Å². The van der Waals surface area contributed by atoms with Crippen molar-refractivity contribution in [2.24, 2.45) is 0 Å². The second-order valence-electron chi connectivity index (χ2n) is 7.07. The molecule has 0 saturated carbocycles. The van der Waals surface area contributed by atoms with E-state index in [1.54, 1.807) is 37.3 Å². The van der Waals surface area contributed by atoms with Gasteiger partial charge in [-0.1, -0.05) is 6.07 Å². The minimum Gasteiger partial charge on any atom is -0.494 e. The normalized spacial score (nSPS) is 12.7. The highest BCUT2D eigenvalue weighted by molar-refractivity contribution is 6.34. The van der Waals surface area contributed by atoms with Crippen molar-refractivity contribution in [3.63, 3.8) is 0 Å². The number of nitrogens with zero attached hydrogens (tertiary/aromatic N) is 1. The highest BCUT2D eigenvalue weighted by Crippen LogP contribution is 2.30. The second kappa shape index (κ2) is 8.02. The summed E-state index contributed by atoms with van der Waals surface area (Å²) in [6, 6.07) is 15.3. The Bertz CT molecular complexity index is 1200. The van der Waals surface area contributed by atoms with Gasteiger partial charge in [0.05, 0.1) is 29.1 Å². The molecule has 1 aliphatic heterocycles. The van der Waals surface area contributed by atoms with Crippen LogP contribution in [-0.4, -0.2) is 24.3 Å². The van der Waals surface area contributed by atoms with Crippen LogP contribution in [0.25, 0.3) is 0 Å². The van der Waals surface area contributed by atoms with E-state index in [2.05, 4.69) is 5.32 Å². The molecule has 7 heteroatoms. The zero-order valence-electron chi connectivity index (χ0n) is 16.9. The molecule has 0 radical (unpaired) electrons. The first-order valence-electron chi connectivity index (χ1n) is 9.72. The molecule has 31 heavy (non-hydrogen) atoms. The largest absolute Gasteiger partial charge is 0.494 e. The molecule has 0 aliphatic carbocycles. The van der Waals surface area contributed by atoms with Gasteiger partial charge in [0.1, 0.15) is 11.6 Å². The number of nitrogens with one attached hydrogen (secondary N) is 1. The number of carbonyl (C=O) groups excluding carboxylic acids is 3. The van der Waals surface area contributed by atoms with E-state index in [1.807, 2.05) is 6.92 Å². The van der Waals surface area contributed by atoms with Gasteiger partial charge in [0.15, 0.2) is 0 Å². The number of ether oxygens (including phenoxy) is 1. The van der Waals surface area contributed by atoms with Crippen molar-refractivity contribution in [2.75, 3.05) is 16.8 Å². The van der Waals surface area contributed by atoms with Crippen molar-refractivity contribution in [1.29, 1.82) is 0 Å². The second-order valence-corrected chi connectivity index (χ2v) is 7.07. The minimum absolute atomic E-state index is 0.0366. The van der Waals surface area contributed by atoms with Crippen LogP contribution in [0.1, 0.15) is 43.6 Å². The van der Waals surface area contributed by atoms with E-state index in [0.717, 1.165) is 10.5 Å². The Hall–Kier alpha value is -4.00. The number of hydrogen-bond donors (Lipinski definition) is 1. The smallest absolute Gasteiger partial charge is 0.266 e. The Balaban J connectivity index is 1.59. The number of anilines is 2. The lowest BCUT2D eigenvalue weighted by molar-refractivity contribution is 0.0925. The Morgan fingerprint density at radius 3 is 2.35 bits per heavy atom. The van der Waals surface area contributed by atoms with Gasteiger partial charge in [0.2, 0.25) is 0 Å². The summed E-state index contributed by atoms with van der Waals surface area (Å²) in [5.74, 6) is -1.50. The van der Waals surface area contributed by atoms with Crippen LogP contribution in [0.15, 0.2) is 60.7 Å². The van der Waals surface area contributed by atoms with Gasteiger partial charge >= 0.3 is 0 Å². The number of fused-ring (bicyclic) bond motifs is 1. The molecule has 1 aliphatic rings. The van der Waals surface area contributed by atoms with Gasteiger partial charge in [0, 0.05) is 5.56 Å². The van der Waals surface area contributed by atoms with E-state index in [9.17, 15) is 18.8 Å². The van der Waals surface area contributed by atoms with Gasteiger partial charge in [-0.2, -0.15) is 0 Å². The first kappa shape index (κ1) is 20.3. The summed E-state index contributed by atoms with van der Waals surface area (Å²) in [6.07, 6.45) is 0. The lowest BCUT2D eigenvalue weighted by atomic mass is 10.1. The van der Waals surface area contributed by atoms with Crippen molar-refractivity contribution < 1.29 is 23.5 Å². The van der Waals surface area contributed by atoms with E-state index in [-0.39, 0.29) is 22.4 Å². The van der Waals surface area contributed by atoms with Crippen LogP contribution in [0.2, 0.25) is 0 Å².